The van der Waals surface area contributed by atoms with E-state index in [2.05, 4.69) is 4.99 Å². The van der Waals surface area contributed by atoms with Crippen molar-refractivity contribution in [2.24, 2.45) is 4.99 Å². The summed E-state index contributed by atoms with van der Waals surface area (Å²) < 4.78 is 11.2. The number of carboxylic acid groups (broad SMARTS) is 1. The first-order valence-electron chi connectivity index (χ1n) is 8.48. The van der Waals surface area contributed by atoms with Gasteiger partial charge in [-0.2, -0.15) is 0 Å². The Morgan fingerprint density at radius 2 is 1.75 bits per heavy atom. The van der Waals surface area contributed by atoms with Gasteiger partial charge in [-0.25, -0.2) is 4.79 Å². The molecule has 0 unspecified atom stereocenters. The van der Waals surface area contributed by atoms with Gasteiger partial charge < -0.3 is 14.6 Å². The molecule has 0 aliphatic heterocycles. The van der Waals surface area contributed by atoms with E-state index in [1.807, 2.05) is 30.3 Å². The zero-order chi connectivity index (χ0) is 19.9. The number of ether oxygens (including phenoxy) is 2. The molecule has 0 heterocycles. The number of aromatic carboxylic acids is 1. The topological polar surface area (TPSA) is 68.1 Å². The number of hydrogen-bond acceptors (Lipinski definition) is 4. The first kappa shape index (κ1) is 19.5. The highest BCUT2D eigenvalue weighted by molar-refractivity contribution is 6.30. The summed E-state index contributed by atoms with van der Waals surface area (Å²) in [4.78, 5) is 15.3. The van der Waals surface area contributed by atoms with Crippen LogP contribution in [-0.2, 0) is 6.61 Å². The lowest BCUT2D eigenvalue weighted by atomic mass is 10.1. The Hall–Kier alpha value is -3.31. The number of halogens is 1. The molecule has 28 heavy (non-hydrogen) atoms. The fourth-order valence-corrected chi connectivity index (χ4v) is 2.59. The molecule has 0 saturated carbocycles. The van der Waals surface area contributed by atoms with E-state index in [1.165, 1.54) is 0 Å². The molecule has 142 valence electrons. The molecule has 0 fully saturated rings. The van der Waals surface area contributed by atoms with Gasteiger partial charge in [0, 0.05) is 11.2 Å². The van der Waals surface area contributed by atoms with Crippen LogP contribution >= 0.6 is 11.6 Å². The molecule has 3 aromatic carbocycles. The number of nitrogens with zero attached hydrogens (tertiary/aromatic N) is 1. The molecule has 0 saturated heterocycles. The van der Waals surface area contributed by atoms with E-state index in [0.29, 0.717) is 23.1 Å². The minimum Gasteiger partial charge on any atom is -0.493 e. The molecule has 0 atom stereocenters. The van der Waals surface area contributed by atoms with Crippen LogP contribution in [0.5, 0.6) is 11.5 Å². The van der Waals surface area contributed by atoms with Crippen molar-refractivity contribution < 1.29 is 19.4 Å². The van der Waals surface area contributed by atoms with E-state index in [0.717, 1.165) is 16.8 Å². The Morgan fingerprint density at radius 3 is 2.39 bits per heavy atom. The third-order valence-corrected chi connectivity index (χ3v) is 4.22. The highest BCUT2D eigenvalue weighted by atomic mass is 35.5. The van der Waals surface area contributed by atoms with Gasteiger partial charge in [-0.05, 0) is 65.7 Å². The van der Waals surface area contributed by atoms with Crippen LogP contribution in [-0.4, -0.2) is 24.4 Å². The van der Waals surface area contributed by atoms with Crippen LogP contribution in [0.15, 0.2) is 71.7 Å². The molecular weight excluding hydrogens is 378 g/mol. The van der Waals surface area contributed by atoms with Crippen molar-refractivity contribution in [3.8, 4) is 11.5 Å². The highest BCUT2D eigenvalue weighted by Crippen LogP contribution is 2.28. The summed E-state index contributed by atoms with van der Waals surface area (Å²) in [7, 11) is 1.57. The molecule has 0 aliphatic carbocycles. The van der Waals surface area contributed by atoms with Gasteiger partial charge in [-0.15, -0.1) is 0 Å². The second kappa shape index (κ2) is 9.06. The molecule has 0 radical (unpaired) electrons. The lowest BCUT2D eigenvalue weighted by Gasteiger charge is -2.11. The minimum atomic E-state index is -0.954. The van der Waals surface area contributed by atoms with Crippen molar-refractivity contribution >= 4 is 29.5 Å². The summed E-state index contributed by atoms with van der Waals surface area (Å²) in [5.74, 6) is 0.223. The Balaban J connectivity index is 1.68. The number of carboxylic acids is 1. The van der Waals surface area contributed by atoms with E-state index in [9.17, 15) is 4.79 Å². The number of aliphatic imine (C=N–C) groups is 1. The lowest BCUT2D eigenvalue weighted by Crippen LogP contribution is -2.00. The lowest BCUT2D eigenvalue weighted by molar-refractivity contribution is 0.0697. The summed E-state index contributed by atoms with van der Waals surface area (Å²) in [6, 6.07) is 19.3. The Morgan fingerprint density at radius 1 is 1.04 bits per heavy atom. The molecule has 5 nitrogen and oxygen atoms in total. The Labute approximate surface area is 167 Å². The van der Waals surface area contributed by atoms with Crippen LogP contribution in [0.25, 0.3) is 0 Å². The molecule has 0 amide bonds. The maximum absolute atomic E-state index is 10.9. The zero-order valence-electron chi connectivity index (χ0n) is 15.1. The van der Waals surface area contributed by atoms with Crippen molar-refractivity contribution in [3.63, 3.8) is 0 Å². The fourth-order valence-electron chi connectivity index (χ4n) is 2.46. The molecule has 3 rings (SSSR count). The molecule has 1 N–H and O–H groups in total. The average Bonchev–Trinajstić information content (AvgIpc) is 2.72. The van der Waals surface area contributed by atoms with E-state index < -0.39 is 5.97 Å². The maximum Gasteiger partial charge on any atom is 0.335 e. The van der Waals surface area contributed by atoms with Crippen molar-refractivity contribution in [1.82, 2.24) is 0 Å². The van der Waals surface area contributed by atoms with E-state index in [4.69, 9.17) is 26.2 Å². The van der Waals surface area contributed by atoms with Crippen molar-refractivity contribution in [1.29, 1.82) is 0 Å². The average molecular weight is 396 g/mol. The largest absolute Gasteiger partial charge is 0.493 e. The van der Waals surface area contributed by atoms with E-state index in [1.54, 1.807) is 49.7 Å². The van der Waals surface area contributed by atoms with Crippen molar-refractivity contribution in [2.45, 2.75) is 6.61 Å². The molecule has 0 bridgehead atoms. The molecule has 0 aliphatic rings. The normalized spacial score (nSPS) is 10.8. The van der Waals surface area contributed by atoms with Gasteiger partial charge in [0.2, 0.25) is 0 Å². The number of rotatable bonds is 7. The molecule has 0 aromatic heterocycles. The van der Waals surface area contributed by atoms with Gasteiger partial charge >= 0.3 is 5.97 Å². The van der Waals surface area contributed by atoms with Gasteiger partial charge in [0.05, 0.1) is 18.4 Å². The number of hydrogen-bond donors (Lipinski definition) is 1. The Bertz CT molecular complexity index is 982. The molecule has 3 aromatic rings. The van der Waals surface area contributed by atoms with Crippen LogP contribution in [0.3, 0.4) is 0 Å². The standard InChI is InChI=1S/C22H18ClNO4/c1-27-21-12-16(13-24-19-9-7-18(23)8-10-19)4-11-20(21)28-14-15-2-5-17(6-3-15)22(25)26/h2-13H,14H2,1H3,(H,25,26). The van der Waals surface area contributed by atoms with Crippen LogP contribution in [0.4, 0.5) is 5.69 Å². The van der Waals surface area contributed by atoms with Crippen LogP contribution in [0.2, 0.25) is 5.02 Å². The summed E-state index contributed by atoms with van der Waals surface area (Å²) in [6.45, 7) is 0.300. The molecular formula is C22H18ClNO4. The predicted octanol–water partition coefficient (Wildman–Crippen LogP) is 5.38. The summed E-state index contributed by atoms with van der Waals surface area (Å²) >= 11 is 5.87. The zero-order valence-corrected chi connectivity index (χ0v) is 15.9. The van der Waals surface area contributed by atoms with E-state index >= 15 is 0 Å². The quantitative estimate of drug-likeness (QED) is 0.545. The maximum atomic E-state index is 10.9. The van der Waals surface area contributed by atoms with Crippen LogP contribution in [0, 0.1) is 0 Å². The Kier molecular flexibility index (Phi) is 6.29. The summed E-state index contributed by atoms with van der Waals surface area (Å²) in [5.41, 5.74) is 2.77. The second-order valence-corrected chi connectivity index (χ2v) is 6.37. The number of benzene rings is 3. The number of carbonyl (C=O) groups is 1. The highest BCUT2D eigenvalue weighted by Gasteiger charge is 2.07. The first-order valence-corrected chi connectivity index (χ1v) is 8.85. The second-order valence-electron chi connectivity index (χ2n) is 5.94. The van der Waals surface area contributed by atoms with E-state index in [-0.39, 0.29) is 5.56 Å². The smallest absolute Gasteiger partial charge is 0.335 e. The third kappa shape index (κ3) is 5.11. The van der Waals surface area contributed by atoms with Gasteiger partial charge in [0.15, 0.2) is 11.5 Å². The number of methoxy groups -OCH3 is 1. The van der Waals surface area contributed by atoms with Gasteiger partial charge in [-0.3, -0.25) is 4.99 Å². The van der Waals surface area contributed by atoms with Gasteiger partial charge in [0.1, 0.15) is 6.61 Å². The monoisotopic (exact) mass is 395 g/mol. The first-order chi connectivity index (χ1) is 13.5. The van der Waals surface area contributed by atoms with Crippen molar-refractivity contribution in [3.05, 3.63) is 88.4 Å². The van der Waals surface area contributed by atoms with Gasteiger partial charge in [-0.1, -0.05) is 23.7 Å². The minimum absolute atomic E-state index is 0.241. The third-order valence-electron chi connectivity index (χ3n) is 3.97. The van der Waals surface area contributed by atoms with Crippen molar-refractivity contribution in [2.75, 3.05) is 7.11 Å². The molecule has 0 spiro atoms. The predicted molar refractivity (Wildman–Crippen MR) is 109 cm³/mol. The van der Waals surface area contributed by atoms with Gasteiger partial charge in [0.25, 0.3) is 0 Å². The summed E-state index contributed by atoms with van der Waals surface area (Å²) in [5, 5.41) is 9.61. The fraction of sp³-hybridized carbons (Fsp3) is 0.0909. The van der Waals surface area contributed by atoms with Crippen LogP contribution < -0.4 is 9.47 Å². The van der Waals surface area contributed by atoms with Crippen LogP contribution in [0.1, 0.15) is 21.5 Å². The summed E-state index contributed by atoms with van der Waals surface area (Å²) in [6.07, 6.45) is 1.74. The molecule has 6 heteroatoms. The SMILES string of the molecule is COc1cc(C=Nc2ccc(Cl)cc2)ccc1OCc1ccc(C(=O)O)cc1.